The number of hydrazone groups is 1. The number of anilines is 1. The molecule has 0 aliphatic carbocycles. The van der Waals surface area contributed by atoms with Gasteiger partial charge in [-0.05, 0) is 43.4 Å². The number of rotatable bonds is 8. The summed E-state index contributed by atoms with van der Waals surface area (Å²) in [6.07, 6.45) is 5.00. The standard InChI is InChI=1S/C27H31N5O2/c1-20(2)19-34-25-14-8-7-13-22(25)18-28-31-26(33)24-17-23(21-11-5-3-6-12-21)29-27(30-24)32-15-9-4-10-16-32/h3,5-8,11-14,17-18,20H,4,9-10,15-16,19H2,1-2H3,(H,31,33)/b28-18+. The molecule has 0 bridgehead atoms. The molecule has 1 amide bonds. The predicted molar refractivity (Wildman–Crippen MR) is 135 cm³/mol. The molecular formula is C27H31N5O2. The molecule has 0 spiro atoms. The van der Waals surface area contributed by atoms with Gasteiger partial charge in [0.05, 0.1) is 18.5 Å². The molecule has 0 atom stereocenters. The normalized spacial score (nSPS) is 13.9. The van der Waals surface area contributed by atoms with Gasteiger partial charge in [-0.1, -0.05) is 56.3 Å². The minimum absolute atomic E-state index is 0.288. The molecule has 1 aromatic heterocycles. The summed E-state index contributed by atoms with van der Waals surface area (Å²) in [5, 5.41) is 4.17. The monoisotopic (exact) mass is 457 g/mol. The van der Waals surface area contributed by atoms with Gasteiger partial charge in [-0.15, -0.1) is 0 Å². The third-order valence-corrected chi connectivity index (χ3v) is 5.52. The minimum atomic E-state index is -0.380. The van der Waals surface area contributed by atoms with Crippen molar-refractivity contribution in [2.75, 3.05) is 24.6 Å². The molecule has 7 heteroatoms. The number of ether oxygens (including phenoxy) is 1. The third kappa shape index (κ3) is 6.19. The Hall–Kier alpha value is -3.74. The molecule has 2 heterocycles. The smallest absolute Gasteiger partial charge is 0.290 e. The van der Waals surface area contributed by atoms with Crippen LogP contribution in [0.4, 0.5) is 5.95 Å². The van der Waals surface area contributed by atoms with E-state index in [0.717, 1.165) is 48.5 Å². The molecule has 0 saturated carbocycles. The highest BCUT2D eigenvalue weighted by Gasteiger charge is 2.18. The molecule has 7 nitrogen and oxygen atoms in total. The Bertz CT molecular complexity index is 1120. The second-order valence-electron chi connectivity index (χ2n) is 8.79. The van der Waals surface area contributed by atoms with Crippen molar-refractivity contribution in [3.63, 3.8) is 0 Å². The second-order valence-corrected chi connectivity index (χ2v) is 8.79. The highest BCUT2D eigenvalue weighted by atomic mass is 16.5. The molecule has 4 rings (SSSR count). The van der Waals surface area contributed by atoms with Crippen LogP contribution in [-0.4, -0.2) is 41.8 Å². The summed E-state index contributed by atoms with van der Waals surface area (Å²) in [5.41, 5.74) is 5.36. The summed E-state index contributed by atoms with van der Waals surface area (Å²) in [5.74, 6) is 1.35. The average Bonchev–Trinajstić information content (AvgIpc) is 2.88. The first-order valence-corrected chi connectivity index (χ1v) is 11.8. The van der Waals surface area contributed by atoms with Crippen molar-refractivity contribution in [1.82, 2.24) is 15.4 Å². The maximum atomic E-state index is 13.0. The lowest BCUT2D eigenvalue weighted by molar-refractivity contribution is 0.0950. The number of amides is 1. The maximum Gasteiger partial charge on any atom is 0.290 e. The predicted octanol–water partition coefficient (Wildman–Crippen LogP) is 4.93. The van der Waals surface area contributed by atoms with Gasteiger partial charge in [0, 0.05) is 24.2 Å². The first-order chi connectivity index (χ1) is 16.6. The topological polar surface area (TPSA) is 79.7 Å². The van der Waals surface area contributed by atoms with Crippen LogP contribution in [0.2, 0.25) is 0 Å². The fourth-order valence-corrected chi connectivity index (χ4v) is 3.74. The highest BCUT2D eigenvalue weighted by molar-refractivity contribution is 5.94. The van der Waals surface area contributed by atoms with Crippen LogP contribution < -0.4 is 15.1 Å². The van der Waals surface area contributed by atoms with E-state index in [1.807, 2.05) is 54.6 Å². The Morgan fingerprint density at radius 1 is 1.06 bits per heavy atom. The second kappa shape index (κ2) is 11.4. The molecule has 1 N–H and O–H groups in total. The van der Waals surface area contributed by atoms with Crippen LogP contribution in [-0.2, 0) is 0 Å². The zero-order chi connectivity index (χ0) is 23.8. The van der Waals surface area contributed by atoms with Crippen molar-refractivity contribution in [2.24, 2.45) is 11.0 Å². The van der Waals surface area contributed by atoms with E-state index in [2.05, 4.69) is 34.3 Å². The number of hydrogen-bond acceptors (Lipinski definition) is 6. The number of benzene rings is 2. The summed E-state index contributed by atoms with van der Waals surface area (Å²) >= 11 is 0. The van der Waals surface area contributed by atoms with Crippen LogP contribution in [0, 0.1) is 5.92 Å². The first kappa shape index (κ1) is 23.4. The number of nitrogens with zero attached hydrogens (tertiary/aromatic N) is 4. The number of carbonyl (C=O) groups excluding carboxylic acids is 1. The van der Waals surface area contributed by atoms with Crippen LogP contribution in [0.3, 0.4) is 0 Å². The molecule has 1 aliphatic rings. The molecule has 0 radical (unpaired) electrons. The van der Waals surface area contributed by atoms with Crippen molar-refractivity contribution < 1.29 is 9.53 Å². The van der Waals surface area contributed by atoms with Crippen molar-refractivity contribution in [3.8, 4) is 17.0 Å². The van der Waals surface area contributed by atoms with Gasteiger partial charge in [-0.2, -0.15) is 5.10 Å². The van der Waals surface area contributed by atoms with E-state index >= 15 is 0 Å². The summed E-state index contributed by atoms with van der Waals surface area (Å²) in [4.78, 5) is 24.5. The van der Waals surface area contributed by atoms with E-state index in [1.54, 1.807) is 12.3 Å². The quantitative estimate of drug-likeness (QED) is 0.383. The van der Waals surface area contributed by atoms with Gasteiger partial charge in [0.15, 0.2) is 0 Å². The molecular weight excluding hydrogens is 426 g/mol. The number of para-hydroxylation sites is 1. The summed E-state index contributed by atoms with van der Waals surface area (Å²) in [7, 11) is 0. The van der Waals surface area contributed by atoms with Gasteiger partial charge in [0.25, 0.3) is 5.91 Å². The number of hydrogen-bond donors (Lipinski definition) is 1. The van der Waals surface area contributed by atoms with E-state index in [1.165, 1.54) is 6.42 Å². The minimum Gasteiger partial charge on any atom is -0.493 e. The van der Waals surface area contributed by atoms with Gasteiger partial charge in [-0.3, -0.25) is 4.79 Å². The van der Waals surface area contributed by atoms with E-state index in [0.29, 0.717) is 18.5 Å². The third-order valence-electron chi connectivity index (χ3n) is 5.52. The number of aromatic nitrogens is 2. The van der Waals surface area contributed by atoms with Crippen LogP contribution in [0.15, 0.2) is 65.8 Å². The van der Waals surface area contributed by atoms with Crippen molar-refractivity contribution in [1.29, 1.82) is 0 Å². The molecule has 0 unspecified atom stereocenters. The Labute approximate surface area is 200 Å². The van der Waals surface area contributed by atoms with Crippen LogP contribution in [0.5, 0.6) is 5.75 Å². The fraction of sp³-hybridized carbons (Fsp3) is 0.333. The van der Waals surface area contributed by atoms with Crippen molar-refractivity contribution in [3.05, 3.63) is 71.9 Å². The fourth-order valence-electron chi connectivity index (χ4n) is 3.74. The lowest BCUT2D eigenvalue weighted by atomic mass is 10.1. The van der Waals surface area contributed by atoms with Crippen LogP contribution in [0.1, 0.15) is 49.2 Å². The van der Waals surface area contributed by atoms with Gasteiger partial charge in [0.2, 0.25) is 5.95 Å². The lowest BCUT2D eigenvalue weighted by Crippen LogP contribution is -2.32. The summed E-state index contributed by atoms with van der Waals surface area (Å²) < 4.78 is 5.86. The molecule has 1 aliphatic heterocycles. The van der Waals surface area contributed by atoms with Gasteiger partial charge >= 0.3 is 0 Å². The average molecular weight is 458 g/mol. The Kier molecular flexibility index (Phi) is 7.86. The van der Waals surface area contributed by atoms with Crippen molar-refractivity contribution in [2.45, 2.75) is 33.1 Å². The van der Waals surface area contributed by atoms with Gasteiger partial charge in [-0.25, -0.2) is 15.4 Å². The van der Waals surface area contributed by atoms with Crippen LogP contribution >= 0.6 is 0 Å². The summed E-state index contributed by atoms with van der Waals surface area (Å²) in [6, 6.07) is 19.2. The molecule has 34 heavy (non-hydrogen) atoms. The van der Waals surface area contributed by atoms with Crippen LogP contribution in [0.25, 0.3) is 11.3 Å². The highest BCUT2D eigenvalue weighted by Crippen LogP contribution is 2.23. The Morgan fingerprint density at radius 2 is 1.79 bits per heavy atom. The van der Waals surface area contributed by atoms with E-state index in [9.17, 15) is 4.79 Å². The van der Waals surface area contributed by atoms with Crippen molar-refractivity contribution >= 4 is 18.1 Å². The van der Waals surface area contributed by atoms with E-state index in [4.69, 9.17) is 9.72 Å². The largest absolute Gasteiger partial charge is 0.493 e. The molecule has 176 valence electrons. The van der Waals surface area contributed by atoms with E-state index < -0.39 is 0 Å². The van der Waals surface area contributed by atoms with E-state index in [-0.39, 0.29) is 11.6 Å². The molecule has 3 aromatic rings. The first-order valence-electron chi connectivity index (χ1n) is 11.8. The zero-order valence-corrected chi connectivity index (χ0v) is 19.8. The Balaban J connectivity index is 1.54. The number of carbonyl (C=O) groups is 1. The maximum absolute atomic E-state index is 13.0. The zero-order valence-electron chi connectivity index (χ0n) is 19.8. The molecule has 1 saturated heterocycles. The number of piperidine rings is 1. The molecule has 1 fully saturated rings. The number of nitrogens with one attached hydrogen (secondary N) is 1. The summed E-state index contributed by atoms with van der Waals surface area (Å²) in [6.45, 7) is 6.59. The lowest BCUT2D eigenvalue weighted by Gasteiger charge is -2.27. The van der Waals surface area contributed by atoms with Gasteiger partial charge < -0.3 is 9.64 Å². The molecule has 2 aromatic carbocycles. The SMILES string of the molecule is CC(C)COc1ccccc1/C=N/NC(=O)c1cc(-c2ccccc2)nc(N2CCCCC2)n1. The van der Waals surface area contributed by atoms with Gasteiger partial charge in [0.1, 0.15) is 11.4 Å². The Morgan fingerprint density at radius 3 is 2.56 bits per heavy atom.